The Bertz CT molecular complexity index is 586. The molecular formula is C15H18N2S. The smallest absolute Gasteiger partial charge is 0.123 e. The summed E-state index contributed by atoms with van der Waals surface area (Å²) in [6.45, 7) is 4.29. The van der Waals surface area contributed by atoms with Crippen LogP contribution in [0.25, 0.3) is 10.6 Å². The third-order valence-electron chi connectivity index (χ3n) is 3.75. The Morgan fingerprint density at radius 1 is 1.28 bits per heavy atom. The van der Waals surface area contributed by atoms with Crippen molar-refractivity contribution < 1.29 is 0 Å². The van der Waals surface area contributed by atoms with Crippen LogP contribution < -0.4 is 5.73 Å². The molecule has 0 bridgehead atoms. The van der Waals surface area contributed by atoms with Crippen LogP contribution in [0.15, 0.2) is 18.2 Å². The summed E-state index contributed by atoms with van der Waals surface area (Å²) < 4.78 is 0. The van der Waals surface area contributed by atoms with Crippen LogP contribution in [-0.2, 0) is 6.42 Å². The number of hydrogen-bond acceptors (Lipinski definition) is 3. The minimum Gasteiger partial charge on any atom is -0.323 e. The average molecular weight is 258 g/mol. The molecule has 0 radical (unpaired) electrons. The summed E-state index contributed by atoms with van der Waals surface area (Å²) in [6.07, 6.45) is 3.36. The van der Waals surface area contributed by atoms with E-state index in [-0.39, 0.29) is 6.04 Å². The molecule has 1 heterocycles. The number of thiazole rings is 1. The third kappa shape index (κ3) is 1.98. The normalized spacial score (nSPS) is 18.7. The number of nitrogens with two attached hydrogens (primary N) is 1. The van der Waals surface area contributed by atoms with Crippen molar-refractivity contribution in [3.63, 3.8) is 0 Å². The van der Waals surface area contributed by atoms with Crippen molar-refractivity contribution in [3.8, 4) is 10.6 Å². The lowest BCUT2D eigenvalue weighted by atomic mass is 9.99. The molecule has 1 unspecified atom stereocenters. The molecule has 3 heteroatoms. The summed E-state index contributed by atoms with van der Waals surface area (Å²) in [5, 5.41) is 1.13. The maximum absolute atomic E-state index is 6.16. The standard InChI is InChI=1S/C15H18N2S/c1-9-6-7-11(8-10(9)2)15-17-13-5-3-4-12(16)14(13)18-15/h6-8,12H,3-5,16H2,1-2H3. The van der Waals surface area contributed by atoms with Crippen LogP contribution in [-0.4, -0.2) is 4.98 Å². The van der Waals surface area contributed by atoms with Crippen LogP contribution in [0, 0.1) is 13.8 Å². The van der Waals surface area contributed by atoms with Gasteiger partial charge >= 0.3 is 0 Å². The van der Waals surface area contributed by atoms with Crippen molar-refractivity contribution in [1.29, 1.82) is 0 Å². The molecule has 2 nitrogen and oxygen atoms in total. The first-order chi connectivity index (χ1) is 8.65. The zero-order chi connectivity index (χ0) is 12.7. The van der Waals surface area contributed by atoms with Crippen molar-refractivity contribution in [2.45, 2.75) is 39.2 Å². The van der Waals surface area contributed by atoms with E-state index in [1.54, 1.807) is 11.3 Å². The first-order valence-corrected chi connectivity index (χ1v) is 7.29. The predicted molar refractivity (Wildman–Crippen MR) is 76.9 cm³/mol. The van der Waals surface area contributed by atoms with Crippen LogP contribution in [0.2, 0.25) is 0 Å². The fourth-order valence-electron chi connectivity index (χ4n) is 2.45. The van der Waals surface area contributed by atoms with Gasteiger partial charge in [-0.2, -0.15) is 0 Å². The minimum atomic E-state index is 0.201. The summed E-state index contributed by atoms with van der Waals surface area (Å²) in [4.78, 5) is 6.08. The van der Waals surface area contributed by atoms with Gasteiger partial charge in [0.25, 0.3) is 0 Å². The number of hydrogen-bond donors (Lipinski definition) is 1. The molecule has 3 rings (SSSR count). The Morgan fingerprint density at radius 3 is 2.83 bits per heavy atom. The van der Waals surface area contributed by atoms with Gasteiger partial charge in [0.05, 0.1) is 5.69 Å². The first kappa shape index (κ1) is 11.9. The van der Waals surface area contributed by atoms with Gasteiger partial charge in [-0.3, -0.25) is 0 Å². The van der Waals surface area contributed by atoms with Gasteiger partial charge in [0.2, 0.25) is 0 Å². The molecule has 18 heavy (non-hydrogen) atoms. The number of aryl methyl sites for hydroxylation is 3. The van der Waals surface area contributed by atoms with Gasteiger partial charge < -0.3 is 5.73 Å². The second kappa shape index (κ2) is 4.48. The van der Waals surface area contributed by atoms with Gasteiger partial charge in [-0.25, -0.2) is 4.98 Å². The quantitative estimate of drug-likeness (QED) is 0.845. The lowest BCUT2D eigenvalue weighted by Gasteiger charge is -2.15. The van der Waals surface area contributed by atoms with Crippen LogP contribution in [0.4, 0.5) is 0 Å². The molecular weight excluding hydrogens is 240 g/mol. The zero-order valence-corrected chi connectivity index (χ0v) is 11.7. The van der Waals surface area contributed by atoms with Crippen molar-refractivity contribution in [1.82, 2.24) is 4.98 Å². The first-order valence-electron chi connectivity index (χ1n) is 6.48. The molecule has 1 aromatic heterocycles. The van der Waals surface area contributed by atoms with E-state index in [0.29, 0.717) is 0 Å². The van der Waals surface area contributed by atoms with Crippen molar-refractivity contribution in [3.05, 3.63) is 39.9 Å². The number of benzene rings is 1. The lowest BCUT2D eigenvalue weighted by Crippen LogP contribution is -2.15. The van der Waals surface area contributed by atoms with E-state index in [1.807, 2.05) is 0 Å². The highest BCUT2D eigenvalue weighted by molar-refractivity contribution is 7.15. The number of fused-ring (bicyclic) bond motifs is 1. The number of aromatic nitrogens is 1. The molecule has 0 spiro atoms. The van der Waals surface area contributed by atoms with Crippen LogP contribution in [0.1, 0.15) is 40.6 Å². The van der Waals surface area contributed by atoms with Crippen LogP contribution in [0.5, 0.6) is 0 Å². The molecule has 0 aliphatic heterocycles. The van der Waals surface area contributed by atoms with E-state index in [1.165, 1.54) is 33.7 Å². The summed E-state index contributed by atoms with van der Waals surface area (Å²) >= 11 is 1.77. The molecule has 1 aliphatic rings. The maximum Gasteiger partial charge on any atom is 0.123 e. The molecule has 2 N–H and O–H groups in total. The average Bonchev–Trinajstić information content (AvgIpc) is 2.78. The van der Waals surface area contributed by atoms with Gasteiger partial charge in [-0.1, -0.05) is 12.1 Å². The van der Waals surface area contributed by atoms with Crippen molar-refractivity contribution in [2.75, 3.05) is 0 Å². The molecule has 1 aromatic carbocycles. The number of nitrogens with zero attached hydrogens (tertiary/aromatic N) is 1. The van der Waals surface area contributed by atoms with Gasteiger partial charge in [0.1, 0.15) is 5.01 Å². The Balaban J connectivity index is 2.04. The Kier molecular flexibility index (Phi) is 2.96. The van der Waals surface area contributed by atoms with Crippen LogP contribution in [0.3, 0.4) is 0 Å². The van der Waals surface area contributed by atoms with Gasteiger partial charge in [0.15, 0.2) is 0 Å². The summed E-state index contributed by atoms with van der Waals surface area (Å²) in [5.74, 6) is 0. The van der Waals surface area contributed by atoms with Crippen molar-refractivity contribution in [2.24, 2.45) is 5.73 Å². The monoisotopic (exact) mass is 258 g/mol. The van der Waals surface area contributed by atoms with E-state index >= 15 is 0 Å². The Hall–Kier alpha value is -1.19. The van der Waals surface area contributed by atoms with E-state index in [2.05, 4.69) is 32.0 Å². The molecule has 1 aliphatic carbocycles. The van der Waals surface area contributed by atoms with Gasteiger partial charge in [0, 0.05) is 16.5 Å². The minimum absolute atomic E-state index is 0.201. The zero-order valence-electron chi connectivity index (χ0n) is 10.9. The Labute approximate surface area is 112 Å². The molecule has 2 aromatic rings. The van der Waals surface area contributed by atoms with E-state index < -0.39 is 0 Å². The molecule has 0 saturated heterocycles. The van der Waals surface area contributed by atoms with E-state index in [0.717, 1.165) is 17.8 Å². The SMILES string of the molecule is Cc1ccc(-c2nc3c(s2)C(N)CCC3)cc1C. The molecule has 0 amide bonds. The fraction of sp³-hybridized carbons (Fsp3) is 0.400. The second-order valence-electron chi connectivity index (χ2n) is 5.13. The van der Waals surface area contributed by atoms with Gasteiger partial charge in [-0.05, 0) is 50.3 Å². The highest BCUT2D eigenvalue weighted by atomic mass is 32.1. The Morgan fingerprint density at radius 2 is 2.11 bits per heavy atom. The summed E-state index contributed by atoms with van der Waals surface area (Å²) in [7, 11) is 0. The third-order valence-corrected chi connectivity index (χ3v) is 5.03. The topological polar surface area (TPSA) is 38.9 Å². The largest absolute Gasteiger partial charge is 0.323 e. The highest BCUT2D eigenvalue weighted by Crippen LogP contribution is 2.37. The maximum atomic E-state index is 6.16. The number of rotatable bonds is 1. The molecule has 0 saturated carbocycles. The predicted octanol–water partition coefficient (Wildman–Crippen LogP) is 3.76. The molecule has 94 valence electrons. The fourth-order valence-corrected chi connectivity index (χ4v) is 3.59. The molecule has 0 fully saturated rings. The van der Waals surface area contributed by atoms with Crippen molar-refractivity contribution >= 4 is 11.3 Å². The molecule has 1 atom stereocenters. The van der Waals surface area contributed by atoms with Crippen LogP contribution >= 0.6 is 11.3 Å². The lowest BCUT2D eigenvalue weighted by molar-refractivity contribution is 0.573. The van der Waals surface area contributed by atoms with Gasteiger partial charge in [-0.15, -0.1) is 11.3 Å². The van der Waals surface area contributed by atoms with E-state index in [4.69, 9.17) is 10.7 Å². The summed E-state index contributed by atoms with van der Waals surface area (Å²) in [6, 6.07) is 6.76. The van der Waals surface area contributed by atoms with E-state index in [9.17, 15) is 0 Å². The summed E-state index contributed by atoms with van der Waals surface area (Å²) in [5.41, 5.74) is 11.3. The highest BCUT2D eigenvalue weighted by Gasteiger charge is 2.22. The second-order valence-corrected chi connectivity index (χ2v) is 6.16.